The lowest BCUT2D eigenvalue weighted by Gasteiger charge is -2.07. The number of carbonyl (C=O) groups is 1. The monoisotopic (exact) mass is 328 g/mol. The van der Waals surface area contributed by atoms with Crippen molar-refractivity contribution in [2.45, 2.75) is 10.6 Å². The van der Waals surface area contributed by atoms with E-state index in [1.807, 2.05) is 0 Å². The average molecular weight is 329 g/mol. The van der Waals surface area contributed by atoms with Crippen LogP contribution in [0, 0.1) is 5.82 Å². The van der Waals surface area contributed by atoms with Crippen LogP contribution in [0.25, 0.3) is 0 Å². The molecule has 0 bridgehead atoms. The van der Waals surface area contributed by atoms with Gasteiger partial charge in [0.05, 0.1) is 21.2 Å². The van der Waals surface area contributed by atoms with Crippen LogP contribution in [0.2, 0.25) is 5.02 Å². The van der Waals surface area contributed by atoms with Crippen molar-refractivity contribution in [2.24, 2.45) is 0 Å². The molecule has 110 valence electrons. The van der Waals surface area contributed by atoms with Gasteiger partial charge in [-0.05, 0) is 29.8 Å². The lowest BCUT2D eigenvalue weighted by molar-refractivity contribution is 0.0692. The van der Waals surface area contributed by atoms with Crippen LogP contribution < -0.4 is 0 Å². The number of carboxylic acid groups (broad SMARTS) is 1. The smallest absolute Gasteiger partial charge is 0.338 e. The third kappa shape index (κ3) is 3.40. The standard InChI is InChI=1S/C14H10ClFO4S/c15-11-3-1-2-4-13(11)21(19,20)8-9-5-6-10(14(17)18)12(16)7-9/h1-7H,8H2,(H,17,18). The summed E-state index contributed by atoms with van der Waals surface area (Å²) in [4.78, 5) is 10.7. The Labute approximate surface area is 125 Å². The highest BCUT2D eigenvalue weighted by atomic mass is 35.5. The van der Waals surface area contributed by atoms with Crippen molar-refractivity contribution < 1.29 is 22.7 Å². The topological polar surface area (TPSA) is 71.4 Å². The van der Waals surface area contributed by atoms with Crippen LogP contribution in [0.1, 0.15) is 15.9 Å². The third-order valence-corrected chi connectivity index (χ3v) is 4.97. The fourth-order valence-corrected chi connectivity index (χ4v) is 3.73. The van der Waals surface area contributed by atoms with Crippen molar-refractivity contribution in [1.29, 1.82) is 0 Å². The van der Waals surface area contributed by atoms with Gasteiger partial charge in [0.25, 0.3) is 0 Å². The molecule has 0 amide bonds. The Kier molecular flexibility index (Phi) is 4.29. The molecule has 21 heavy (non-hydrogen) atoms. The number of rotatable bonds is 4. The quantitative estimate of drug-likeness (QED) is 0.935. The third-order valence-electron chi connectivity index (χ3n) is 2.79. The Hall–Kier alpha value is -1.92. The van der Waals surface area contributed by atoms with E-state index < -0.39 is 32.9 Å². The first-order valence-corrected chi connectivity index (χ1v) is 7.83. The summed E-state index contributed by atoms with van der Waals surface area (Å²) >= 11 is 5.84. The Morgan fingerprint density at radius 2 is 1.86 bits per heavy atom. The van der Waals surface area contributed by atoms with Gasteiger partial charge in [0.1, 0.15) is 5.82 Å². The fourth-order valence-electron chi connectivity index (χ4n) is 1.82. The Morgan fingerprint density at radius 3 is 2.43 bits per heavy atom. The summed E-state index contributed by atoms with van der Waals surface area (Å²) in [6.45, 7) is 0. The van der Waals surface area contributed by atoms with E-state index in [-0.39, 0.29) is 15.5 Å². The molecular formula is C14H10ClFO4S. The molecule has 0 heterocycles. The molecule has 0 atom stereocenters. The molecule has 0 aliphatic carbocycles. The molecule has 2 aromatic carbocycles. The first kappa shape index (κ1) is 15.5. The second kappa shape index (κ2) is 5.83. The average Bonchev–Trinajstić information content (AvgIpc) is 2.38. The summed E-state index contributed by atoms with van der Waals surface area (Å²) in [7, 11) is -3.74. The lowest BCUT2D eigenvalue weighted by atomic mass is 10.1. The Bertz CT molecular complexity index is 802. The minimum atomic E-state index is -3.74. The molecule has 7 heteroatoms. The molecular weight excluding hydrogens is 319 g/mol. The van der Waals surface area contributed by atoms with Gasteiger partial charge in [0.15, 0.2) is 9.84 Å². The molecule has 0 unspecified atom stereocenters. The summed E-state index contributed by atoms with van der Waals surface area (Å²) < 4.78 is 38.0. The van der Waals surface area contributed by atoms with Crippen molar-refractivity contribution in [3.8, 4) is 0 Å². The molecule has 0 aromatic heterocycles. The van der Waals surface area contributed by atoms with Crippen LogP contribution in [0.15, 0.2) is 47.4 Å². The van der Waals surface area contributed by atoms with Crippen LogP contribution in [0.3, 0.4) is 0 Å². The minimum Gasteiger partial charge on any atom is -0.478 e. The zero-order valence-electron chi connectivity index (χ0n) is 10.6. The Morgan fingerprint density at radius 1 is 1.19 bits per heavy atom. The van der Waals surface area contributed by atoms with Gasteiger partial charge >= 0.3 is 5.97 Å². The molecule has 0 saturated heterocycles. The highest BCUT2D eigenvalue weighted by molar-refractivity contribution is 7.90. The second-order valence-electron chi connectivity index (χ2n) is 4.31. The second-order valence-corrected chi connectivity index (χ2v) is 6.67. The van der Waals surface area contributed by atoms with Crippen molar-refractivity contribution in [2.75, 3.05) is 0 Å². The summed E-state index contributed by atoms with van der Waals surface area (Å²) in [6.07, 6.45) is 0. The summed E-state index contributed by atoms with van der Waals surface area (Å²) in [5.41, 5.74) is -0.355. The van der Waals surface area contributed by atoms with E-state index in [0.29, 0.717) is 0 Å². The van der Waals surface area contributed by atoms with E-state index in [9.17, 15) is 17.6 Å². The lowest BCUT2D eigenvalue weighted by Crippen LogP contribution is -2.07. The predicted octanol–water partition coefficient (Wildman–Crippen LogP) is 3.15. The maximum Gasteiger partial charge on any atom is 0.338 e. The highest BCUT2D eigenvalue weighted by Gasteiger charge is 2.19. The van der Waals surface area contributed by atoms with Gasteiger partial charge in [-0.15, -0.1) is 0 Å². The highest BCUT2D eigenvalue weighted by Crippen LogP contribution is 2.24. The summed E-state index contributed by atoms with van der Waals surface area (Å²) in [5.74, 6) is -2.85. The van der Waals surface area contributed by atoms with E-state index in [1.165, 1.54) is 24.3 Å². The van der Waals surface area contributed by atoms with E-state index in [2.05, 4.69) is 0 Å². The molecule has 1 N–H and O–H groups in total. The molecule has 0 aliphatic heterocycles. The molecule has 0 aliphatic rings. The van der Waals surface area contributed by atoms with Gasteiger partial charge in [0, 0.05) is 0 Å². The normalized spacial score (nSPS) is 11.3. The maximum absolute atomic E-state index is 13.6. The van der Waals surface area contributed by atoms with Gasteiger partial charge in [-0.1, -0.05) is 29.8 Å². The van der Waals surface area contributed by atoms with Crippen molar-refractivity contribution in [1.82, 2.24) is 0 Å². The summed E-state index contributed by atoms with van der Waals surface area (Å²) in [5, 5.41) is 8.81. The first-order chi connectivity index (χ1) is 9.81. The predicted molar refractivity (Wildman–Crippen MR) is 75.7 cm³/mol. The number of carboxylic acids is 1. The zero-order chi connectivity index (χ0) is 15.6. The fraction of sp³-hybridized carbons (Fsp3) is 0.0714. The molecule has 0 radical (unpaired) electrons. The van der Waals surface area contributed by atoms with Crippen molar-refractivity contribution in [3.05, 3.63) is 64.4 Å². The number of sulfone groups is 1. The largest absolute Gasteiger partial charge is 0.478 e. The van der Waals surface area contributed by atoms with Gasteiger partial charge in [-0.2, -0.15) is 0 Å². The number of halogens is 2. The maximum atomic E-state index is 13.6. The van der Waals surface area contributed by atoms with E-state index in [4.69, 9.17) is 16.7 Å². The minimum absolute atomic E-state index is 0.0469. The molecule has 2 aromatic rings. The van der Waals surface area contributed by atoms with Gasteiger partial charge in [-0.25, -0.2) is 17.6 Å². The van der Waals surface area contributed by atoms with Gasteiger partial charge in [-0.3, -0.25) is 0 Å². The SMILES string of the molecule is O=C(O)c1ccc(CS(=O)(=O)c2ccccc2Cl)cc1F. The number of hydrogen-bond donors (Lipinski definition) is 1. The van der Waals surface area contributed by atoms with Crippen molar-refractivity contribution >= 4 is 27.4 Å². The van der Waals surface area contributed by atoms with Crippen LogP contribution in [0.4, 0.5) is 4.39 Å². The van der Waals surface area contributed by atoms with Crippen LogP contribution in [-0.4, -0.2) is 19.5 Å². The van der Waals surface area contributed by atoms with E-state index >= 15 is 0 Å². The van der Waals surface area contributed by atoms with Crippen LogP contribution in [0.5, 0.6) is 0 Å². The molecule has 0 spiro atoms. The number of benzene rings is 2. The van der Waals surface area contributed by atoms with E-state index in [1.54, 1.807) is 6.07 Å². The molecule has 2 rings (SSSR count). The zero-order valence-corrected chi connectivity index (χ0v) is 12.2. The van der Waals surface area contributed by atoms with Crippen molar-refractivity contribution in [3.63, 3.8) is 0 Å². The molecule has 0 fully saturated rings. The first-order valence-electron chi connectivity index (χ1n) is 5.80. The van der Waals surface area contributed by atoms with Gasteiger partial charge < -0.3 is 5.11 Å². The Balaban J connectivity index is 2.36. The van der Waals surface area contributed by atoms with Crippen LogP contribution in [-0.2, 0) is 15.6 Å². The van der Waals surface area contributed by atoms with E-state index in [0.717, 1.165) is 12.1 Å². The molecule has 4 nitrogen and oxygen atoms in total. The number of aromatic carboxylic acids is 1. The molecule has 0 saturated carbocycles. The summed E-state index contributed by atoms with van der Waals surface area (Å²) in [6, 6.07) is 9.14. The number of hydrogen-bond acceptors (Lipinski definition) is 3. The van der Waals surface area contributed by atoms with Gasteiger partial charge in [0.2, 0.25) is 0 Å². The van der Waals surface area contributed by atoms with Crippen LogP contribution >= 0.6 is 11.6 Å².